The number of benzene rings is 2. The molecule has 6 heteroatoms. The van der Waals surface area contributed by atoms with Crippen molar-refractivity contribution in [1.29, 1.82) is 0 Å². The van der Waals surface area contributed by atoms with Crippen molar-refractivity contribution in [3.63, 3.8) is 0 Å². The Morgan fingerprint density at radius 1 is 1.04 bits per heavy atom. The van der Waals surface area contributed by atoms with Crippen LogP contribution in [-0.2, 0) is 22.8 Å². The summed E-state index contributed by atoms with van der Waals surface area (Å²) in [6, 6.07) is 14.7. The molecule has 0 aliphatic rings. The Hall–Kier alpha value is -2.60. The molecule has 0 spiro atoms. The van der Waals surface area contributed by atoms with E-state index in [1.165, 1.54) is 6.26 Å². The summed E-state index contributed by atoms with van der Waals surface area (Å²) < 4.78 is 25.9. The van der Waals surface area contributed by atoms with Crippen LogP contribution in [-0.4, -0.2) is 24.2 Å². The topological polar surface area (TPSA) is 78.0 Å². The number of hydrogen-bond donors (Lipinski definition) is 1. The lowest BCUT2D eigenvalue weighted by atomic mass is 10.1. The van der Waals surface area contributed by atoms with Crippen molar-refractivity contribution in [3.8, 4) is 0 Å². The molecule has 0 aliphatic carbocycles. The number of para-hydroxylation sites is 1. The lowest BCUT2D eigenvalue weighted by molar-refractivity contribution is 0.599. The molecule has 0 saturated heterocycles. The van der Waals surface area contributed by atoms with Gasteiger partial charge in [-0.05, 0) is 23.3 Å². The highest BCUT2D eigenvalue weighted by Gasteiger charge is 2.14. The van der Waals surface area contributed by atoms with Gasteiger partial charge < -0.3 is 10.3 Å². The fourth-order valence-electron chi connectivity index (χ4n) is 2.70. The second kappa shape index (κ2) is 6.49. The number of hydrogen-bond acceptors (Lipinski definition) is 4. The first-order valence-corrected chi connectivity index (χ1v) is 9.45. The van der Waals surface area contributed by atoms with Crippen LogP contribution in [0.25, 0.3) is 0 Å². The van der Waals surface area contributed by atoms with Crippen LogP contribution in [0.2, 0.25) is 0 Å². The maximum absolute atomic E-state index is 12.0. The molecular weight excluding hydrogens is 322 g/mol. The van der Waals surface area contributed by atoms with Gasteiger partial charge in [0.05, 0.1) is 11.4 Å². The minimum absolute atomic E-state index is 0.351. The predicted octanol–water partition coefficient (Wildman–Crippen LogP) is 2.51. The average molecular weight is 341 g/mol. The van der Waals surface area contributed by atoms with Crippen molar-refractivity contribution in [3.05, 3.63) is 77.9 Å². The van der Waals surface area contributed by atoms with Gasteiger partial charge in [-0.25, -0.2) is 13.4 Å². The fourth-order valence-corrected chi connectivity index (χ4v) is 3.63. The van der Waals surface area contributed by atoms with Crippen LogP contribution in [0.3, 0.4) is 0 Å². The van der Waals surface area contributed by atoms with Crippen LogP contribution in [0.1, 0.15) is 17.0 Å². The molecule has 0 atom stereocenters. The quantitative estimate of drug-likeness (QED) is 0.723. The fraction of sp³-hybridized carbons (Fsp3) is 0.167. The second-order valence-electron chi connectivity index (χ2n) is 5.73. The maximum Gasteiger partial charge on any atom is 0.175 e. The van der Waals surface area contributed by atoms with Crippen LogP contribution in [0.4, 0.5) is 5.69 Å². The van der Waals surface area contributed by atoms with Gasteiger partial charge in [-0.15, -0.1) is 0 Å². The highest BCUT2D eigenvalue weighted by atomic mass is 32.2. The molecule has 5 nitrogen and oxygen atoms in total. The zero-order valence-corrected chi connectivity index (χ0v) is 14.2. The number of nitrogen functional groups attached to an aromatic ring is 1. The van der Waals surface area contributed by atoms with E-state index in [0.717, 1.165) is 22.6 Å². The number of nitrogens with zero attached hydrogens (tertiary/aromatic N) is 2. The largest absolute Gasteiger partial charge is 0.398 e. The smallest absolute Gasteiger partial charge is 0.175 e. The number of rotatable bonds is 5. The molecule has 0 aliphatic heterocycles. The van der Waals surface area contributed by atoms with Crippen LogP contribution >= 0.6 is 0 Å². The molecule has 0 radical (unpaired) electrons. The monoisotopic (exact) mass is 341 g/mol. The molecule has 3 rings (SSSR count). The van der Waals surface area contributed by atoms with Crippen LogP contribution in [0.5, 0.6) is 0 Å². The highest BCUT2D eigenvalue weighted by Crippen LogP contribution is 2.19. The average Bonchev–Trinajstić information content (AvgIpc) is 2.96. The van der Waals surface area contributed by atoms with Gasteiger partial charge in [-0.3, -0.25) is 0 Å². The van der Waals surface area contributed by atoms with E-state index in [1.54, 1.807) is 18.3 Å². The molecule has 0 bridgehead atoms. The van der Waals surface area contributed by atoms with E-state index < -0.39 is 9.84 Å². The SMILES string of the molecule is CS(=O)(=O)c1ccccc1Cn1ccnc1Cc1ccccc1N. The lowest BCUT2D eigenvalue weighted by Gasteiger charge is -2.12. The number of aromatic nitrogens is 2. The van der Waals surface area contributed by atoms with Gasteiger partial charge in [0.1, 0.15) is 5.82 Å². The van der Waals surface area contributed by atoms with E-state index >= 15 is 0 Å². The molecular formula is C18H19N3O2S. The van der Waals surface area contributed by atoms with Gasteiger partial charge in [-0.2, -0.15) is 0 Å². The minimum atomic E-state index is -3.27. The van der Waals surface area contributed by atoms with Gasteiger partial charge >= 0.3 is 0 Å². The Balaban J connectivity index is 1.92. The zero-order chi connectivity index (χ0) is 17.2. The normalized spacial score (nSPS) is 11.5. The molecule has 2 N–H and O–H groups in total. The standard InChI is InChI=1S/C18H19N3O2S/c1-24(22,23)17-9-5-3-7-15(17)13-21-11-10-20-18(21)12-14-6-2-4-8-16(14)19/h2-11H,12-13,19H2,1H3. The van der Waals surface area contributed by atoms with Crippen molar-refractivity contribution in [1.82, 2.24) is 9.55 Å². The van der Waals surface area contributed by atoms with Crippen LogP contribution in [0, 0.1) is 0 Å². The molecule has 1 heterocycles. The molecule has 1 aromatic heterocycles. The third kappa shape index (κ3) is 3.49. The summed E-state index contributed by atoms with van der Waals surface area (Å²) >= 11 is 0. The molecule has 24 heavy (non-hydrogen) atoms. The minimum Gasteiger partial charge on any atom is -0.398 e. The van der Waals surface area contributed by atoms with Crippen LogP contribution < -0.4 is 5.73 Å². The Kier molecular flexibility index (Phi) is 4.40. The summed E-state index contributed by atoms with van der Waals surface area (Å²) in [6.07, 6.45) is 5.40. The first-order chi connectivity index (χ1) is 11.4. The molecule has 3 aromatic rings. The number of nitrogens with two attached hydrogens (primary N) is 1. The van der Waals surface area contributed by atoms with Crippen molar-refractivity contribution in [2.75, 3.05) is 12.0 Å². The summed E-state index contributed by atoms with van der Waals surface area (Å²) in [7, 11) is -3.27. The van der Waals surface area contributed by atoms with Gasteiger partial charge in [0, 0.05) is 30.8 Å². The van der Waals surface area contributed by atoms with Gasteiger partial charge in [0.15, 0.2) is 9.84 Å². The molecule has 0 saturated carbocycles. The Morgan fingerprint density at radius 3 is 2.42 bits per heavy atom. The third-order valence-electron chi connectivity index (χ3n) is 3.92. The van der Waals surface area contributed by atoms with Gasteiger partial charge in [0.2, 0.25) is 0 Å². The lowest BCUT2D eigenvalue weighted by Crippen LogP contribution is -2.10. The van der Waals surface area contributed by atoms with E-state index in [9.17, 15) is 8.42 Å². The second-order valence-corrected chi connectivity index (χ2v) is 7.71. The molecule has 0 fully saturated rings. The molecule has 0 unspecified atom stereocenters. The summed E-state index contributed by atoms with van der Waals surface area (Å²) in [5.41, 5.74) is 8.48. The van der Waals surface area contributed by atoms with Crippen molar-refractivity contribution in [2.24, 2.45) is 0 Å². The van der Waals surface area contributed by atoms with E-state index in [0.29, 0.717) is 17.9 Å². The van der Waals surface area contributed by atoms with E-state index in [4.69, 9.17) is 5.73 Å². The summed E-state index contributed by atoms with van der Waals surface area (Å²) in [5.74, 6) is 0.844. The third-order valence-corrected chi connectivity index (χ3v) is 5.12. The number of anilines is 1. The molecule has 124 valence electrons. The van der Waals surface area contributed by atoms with Gasteiger partial charge in [0.25, 0.3) is 0 Å². The van der Waals surface area contributed by atoms with E-state index in [-0.39, 0.29) is 0 Å². The number of sulfone groups is 1. The zero-order valence-electron chi connectivity index (χ0n) is 13.4. The number of imidazole rings is 1. The summed E-state index contributed by atoms with van der Waals surface area (Å²) in [4.78, 5) is 4.75. The van der Waals surface area contributed by atoms with Crippen molar-refractivity contribution >= 4 is 15.5 Å². The van der Waals surface area contributed by atoms with Crippen molar-refractivity contribution in [2.45, 2.75) is 17.9 Å². The first-order valence-electron chi connectivity index (χ1n) is 7.56. The Morgan fingerprint density at radius 2 is 1.71 bits per heavy atom. The summed E-state index contributed by atoms with van der Waals surface area (Å²) in [5, 5.41) is 0. The van der Waals surface area contributed by atoms with E-state index in [1.807, 2.05) is 47.2 Å². The van der Waals surface area contributed by atoms with Crippen molar-refractivity contribution < 1.29 is 8.42 Å². The van der Waals surface area contributed by atoms with Crippen LogP contribution in [0.15, 0.2) is 65.8 Å². The van der Waals surface area contributed by atoms with Gasteiger partial charge in [-0.1, -0.05) is 36.4 Å². The highest BCUT2D eigenvalue weighted by molar-refractivity contribution is 7.90. The summed E-state index contributed by atoms with van der Waals surface area (Å²) in [6.45, 7) is 0.450. The Labute approximate surface area is 141 Å². The predicted molar refractivity (Wildman–Crippen MR) is 94.5 cm³/mol. The Bertz CT molecular complexity index is 962. The maximum atomic E-state index is 12.0. The van der Waals surface area contributed by atoms with E-state index in [2.05, 4.69) is 4.98 Å². The molecule has 2 aromatic carbocycles. The molecule has 0 amide bonds. The first kappa shape index (κ1) is 16.3.